The van der Waals surface area contributed by atoms with Crippen molar-refractivity contribution in [3.63, 3.8) is 0 Å². The van der Waals surface area contributed by atoms with Crippen LogP contribution in [0.1, 0.15) is 71.1 Å². The van der Waals surface area contributed by atoms with Crippen LogP contribution in [-0.4, -0.2) is 23.7 Å². The number of aromatic nitrogens is 1. The fourth-order valence-electron chi connectivity index (χ4n) is 4.73. The van der Waals surface area contributed by atoms with E-state index in [2.05, 4.69) is 54.1 Å². The lowest BCUT2D eigenvalue weighted by Crippen LogP contribution is -2.29. The normalized spacial score (nSPS) is 14.2. The summed E-state index contributed by atoms with van der Waals surface area (Å²) in [5.74, 6) is 0.916. The molecule has 2 heterocycles. The highest BCUT2D eigenvalue weighted by Crippen LogP contribution is 2.42. The predicted molar refractivity (Wildman–Crippen MR) is 148 cm³/mol. The number of nitrogens with one attached hydrogen (secondary N) is 4. The van der Waals surface area contributed by atoms with Crippen molar-refractivity contribution in [2.45, 2.75) is 68.4 Å². The Morgan fingerprint density at radius 3 is 2.66 bits per heavy atom. The van der Waals surface area contributed by atoms with Crippen LogP contribution < -0.4 is 16.2 Å². The van der Waals surface area contributed by atoms with Gasteiger partial charge in [0.15, 0.2) is 0 Å². The van der Waals surface area contributed by atoms with Crippen molar-refractivity contribution in [3.05, 3.63) is 63.0 Å². The number of fused-ring (bicyclic) bond motifs is 1. The standard InChI is InChI=1S/C27H33N5OS2/c1-15-12-18-8-7-11-27(4,5)19(18)14-21(15)35-23-10-9-20(34-23)26(33)32-31-22-13-16(2)24(17(3)28)25(29-6)30-22/h9-10,12-14,28H,7-8,11H2,1-6H3,(H,32,33)(H2,29,30,31). The molecule has 3 aromatic rings. The Balaban J connectivity index is 1.46. The summed E-state index contributed by atoms with van der Waals surface area (Å²) in [6.45, 7) is 10.5. The van der Waals surface area contributed by atoms with Gasteiger partial charge in [0.25, 0.3) is 5.91 Å². The van der Waals surface area contributed by atoms with Gasteiger partial charge in [-0.15, -0.1) is 11.3 Å². The molecule has 4 N–H and O–H groups in total. The SMILES string of the molecule is CNc1nc(NNC(=O)c2ccc(Sc3cc4c(cc3C)CCCC4(C)C)s2)cc(C)c1C(C)=N. The van der Waals surface area contributed by atoms with Crippen molar-refractivity contribution in [1.29, 1.82) is 5.41 Å². The monoisotopic (exact) mass is 507 g/mol. The first-order chi connectivity index (χ1) is 16.6. The van der Waals surface area contributed by atoms with Crippen molar-refractivity contribution in [2.75, 3.05) is 17.8 Å². The highest BCUT2D eigenvalue weighted by molar-refractivity contribution is 8.01. The first-order valence-electron chi connectivity index (χ1n) is 11.8. The number of nitrogens with zero attached hydrogens (tertiary/aromatic N) is 1. The molecule has 8 heteroatoms. The van der Waals surface area contributed by atoms with Crippen LogP contribution in [0, 0.1) is 19.3 Å². The van der Waals surface area contributed by atoms with Gasteiger partial charge < -0.3 is 10.7 Å². The number of hydrazine groups is 1. The van der Waals surface area contributed by atoms with Gasteiger partial charge in [-0.2, -0.15) is 0 Å². The second-order valence-corrected chi connectivity index (χ2v) is 12.2. The molecule has 0 saturated carbocycles. The van der Waals surface area contributed by atoms with Gasteiger partial charge in [-0.3, -0.25) is 15.6 Å². The van der Waals surface area contributed by atoms with Gasteiger partial charge in [-0.25, -0.2) is 4.98 Å². The number of aryl methyl sites for hydroxylation is 3. The Bertz CT molecular complexity index is 1290. The van der Waals surface area contributed by atoms with E-state index in [9.17, 15) is 4.79 Å². The summed E-state index contributed by atoms with van der Waals surface area (Å²) in [7, 11) is 1.77. The third-order valence-electron chi connectivity index (χ3n) is 6.53. The van der Waals surface area contributed by atoms with Gasteiger partial charge in [0.2, 0.25) is 0 Å². The van der Waals surface area contributed by atoms with Crippen LogP contribution in [0.3, 0.4) is 0 Å². The summed E-state index contributed by atoms with van der Waals surface area (Å²) in [5, 5.41) is 11.0. The first-order valence-corrected chi connectivity index (χ1v) is 13.5. The highest BCUT2D eigenvalue weighted by Gasteiger charge is 2.28. The Morgan fingerprint density at radius 1 is 1.17 bits per heavy atom. The number of pyridine rings is 1. The summed E-state index contributed by atoms with van der Waals surface area (Å²) in [6, 6.07) is 10.4. The fraction of sp³-hybridized carbons (Fsp3) is 0.370. The van der Waals surface area contributed by atoms with E-state index in [0.29, 0.717) is 22.2 Å². The van der Waals surface area contributed by atoms with E-state index >= 15 is 0 Å². The van der Waals surface area contributed by atoms with Gasteiger partial charge in [0.1, 0.15) is 11.6 Å². The minimum absolute atomic E-state index is 0.206. The topological polar surface area (TPSA) is 89.9 Å². The molecule has 4 rings (SSSR count). The number of anilines is 2. The van der Waals surface area contributed by atoms with Crippen LogP contribution in [0.5, 0.6) is 0 Å². The molecule has 2 aromatic heterocycles. The maximum absolute atomic E-state index is 12.8. The third kappa shape index (κ3) is 5.38. The zero-order chi connectivity index (χ0) is 25.3. The van der Waals surface area contributed by atoms with E-state index < -0.39 is 0 Å². The minimum Gasteiger partial charge on any atom is -0.373 e. The first kappa shape index (κ1) is 25.3. The van der Waals surface area contributed by atoms with E-state index in [0.717, 1.165) is 21.8 Å². The average molecular weight is 508 g/mol. The van der Waals surface area contributed by atoms with Gasteiger partial charge in [0, 0.05) is 23.2 Å². The molecule has 0 radical (unpaired) electrons. The maximum atomic E-state index is 12.8. The van der Waals surface area contributed by atoms with Gasteiger partial charge in [-0.05, 0) is 92.0 Å². The molecular formula is C27H33N5OS2. The van der Waals surface area contributed by atoms with E-state index in [-0.39, 0.29) is 11.3 Å². The predicted octanol–water partition coefficient (Wildman–Crippen LogP) is 6.71. The van der Waals surface area contributed by atoms with Crippen molar-refractivity contribution < 1.29 is 4.79 Å². The number of thiophene rings is 1. The number of hydrogen-bond acceptors (Lipinski definition) is 7. The molecule has 0 aliphatic heterocycles. The molecule has 1 aliphatic carbocycles. The maximum Gasteiger partial charge on any atom is 0.279 e. The van der Waals surface area contributed by atoms with Gasteiger partial charge >= 0.3 is 0 Å². The van der Waals surface area contributed by atoms with Gasteiger partial charge in [-0.1, -0.05) is 31.7 Å². The largest absolute Gasteiger partial charge is 0.373 e. The summed E-state index contributed by atoms with van der Waals surface area (Å²) >= 11 is 3.21. The molecular weight excluding hydrogens is 474 g/mol. The van der Waals surface area contributed by atoms with Crippen molar-refractivity contribution in [3.8, 4) is 0 Å². The lowest BCUT2D eigenvalue weighted by atomic mass is 9.72. The van der Waals surface area contributed by atoms with E-state index in [1.165, 1.54) is 45.8 Å². The van der Waals surface area contributed by atoms with Crippen LogP contribution in [0.25, 0.3) is 0 Å². The van der Waals surface area contributed by atoms with E-state index in [1.807, 2.05) is 25.1 Å². The number of rotatable bonds is 7. The Morgan fingerprint density at radius 2 is 1.94 bits per heavy atom. The molecule has 1 aromatic carbocycles. The molecule has 0 bridgehead atoms. The lowest BCUT2D eigenvalue weighted by Gasteiger charge is -2.33. The fourth-order valence-corrected chi connectivity index (χ4v) is 6.82. The van der Waals surface area contributed by atoms with Crippen LogP contribution in [0.2, 0.25) is 0 Å². The van der Waals surface area contributed by atoms with E-state index in [4.69, 9.17) is 5.41 Å². The Labute approximate surface area is 215 Å². The minimum atomic E-state index is -0.206. The molecule has 0 unspecified atom stereocenters. The molecule has 1 aliphatic rings. The lowest BCUT2D eigenvalue weighted by molar-refractivity contribution is 0.0966. The van der Waals surface area contributed by atoms with Crippen LogP contribution in [-0.2, 0) is 11.8 Å². The van der Waals surface area contributed by atoms with Crippen LogP contribution in [0.15, 0.2) is 39.4 Å². The molecule has 0 fully saturated rings. The van der Waals surface area contributed by atoms with Crippen molar-refractivity contribution in [1.82, 2.24) is 10.4 Å². The van der Waals surface area contributed by atoms with Crippen molar-refractivity contribution >= 4 is 46.4 Å². The summed E-state index contributed by atoms with van der Waals surface area (Å²) < 4.78 is 1.09. The van der Waals surface area contributed by atoms with Crippen LogP contribution >= 0.6 is 23.1 Å². The number of carbonyl (C=O) groups excluding carboxylic acids is 1. The molecule has 1 amide bonds. The molecule has 0 spiro atoms. The molecule has 0 atom stereocenters. The second-order valence-electron chi connectivity index (χ2n) is 9.74. The average Bonchev–Trinajstić information content (AvgIpc) is 3.26. The number of amides is 1. The van der Waals surface area contributed by atoms with E-state index in [1.54, 1.807) is 25.7 Å². The van der Waals surface area contributed by atoms with Crippen molar-refractivity contribution in [2.24, 2.45) is 0 Å². The zero-order valence-corrected chi connectivity index (χ0v) is 22.8. The second kappa shape index (κ2) is 10.0. The molecule has 35 heavy (non-hydrogen) atoms. The summed E-state index contributed by atoms with van der Waals surface area (Å²) in [5.41, 5.74) is 12.2. The van der Waals surface area contributed by atoms with Crippen LogP contribution in [0.4, 0.5) is 11.6 Å². The highest BCUT2D eigenvalue weighted by atomic mass is 32.2. The smallest absolute Gasteiger partial charge is 0.279 e. The number of carbonyl (C=O) groups is 1. The molecule has 0 saturated heterocycles. The Hall–Kier alpha value is -2.84. The Kier molecular flexibility index (Phi) is 7.24. The number of benzene rings is 1. The zero-order valence-electron chi connectivity index (χ0n) is 21.2. The summed E-state index contributed by atoms with van der Waals surface area (Å²) in [4.78, 5) is 19.2. The third-order valence-corrected chi connectivity index (χ3v) is 8.90. The quantitative estimate of drug-likeness (QED) is 0.211. The summed E-state index contributed by atoms with van der Waals surface area (Å²) in [6.07, 6.45) is 3.63. The molecule has 184 valence electrons. The molecule has 6 nitrogen and oxygen atoms in total. The number of hydrogen-bond donors (Lipinski definition) is 4. The van der Waals surface area contributed by atoms with Gasteiger partial charge in [0.05, 0.1) is 9.09 Å².